The fraction of sp³-hybridized carbons (Fsp3) is 0.700. The van der Waals surface area contributed by atoms with Crippen LogP contribution in [0.1, 0.15) is 34.1 Å². The van der Waals surface area contributed by atoms with E-state index in [1.54, 1.807) is 6.92 Å². The van der Waals surface area contributed by atoms with Crippen LogP contribution in [0.2, 0.25) is 0 Å². The first kappa shape index (κ1) is 12.0. The van der Waals surface area contributed by atoms with Crippen molar-refractivity contribution < 1.29 is 14.4 Å². The van der Waals surface area contributed by atoms with Crippen LogP contribution in [0, 0.1) is 11.8 Å². The molecule has 0 radical (unpaired) electrons. The van der Waals surface area contributed by atoms with Crippen LogP contribution in [0.3, 0.4) is 0 Å². The summed E-state index contributed by atoms with van der Waals surface area (Å²) in [5.74, 6) is -0.955. The molecular weight excluding hydrogens is 168 g/mol. The van der Waals surface area contributed by atoms with Crippen LogP contribution < -0.4 is 0 Å². The highest BCUT2D eigenvalue weighted by Gasteiger charge is 2.26. The Morgan fingerprint density at radius 1 is 1.00 bits per heavy atom. The molecule has 0 aliphatic rings. The highest BCUT2D eigenvalue weighted by molar-refractivity contribution is 5.90. The average molecular weight is 184 g/mol. The molecule has 0 rings (SSSR count). The Morgan fingerprint density at radius 2 is 1.46 bits per heavy atom. The van der Waals surface area contributed by atoms with Gasteiger partial charge in [-0.2, -0.15) is 0 Å². The Hall–Kier alpha value is -0.990. The number of ketones is 3. The topological polar surface area (TPSA) is 51.2 Å². The second-order valence-electron chi connectivity index (χ2n) is 3.52. The summed E-state index contributed by atoms with van der Waals surface area (Å²) in [5, 5.41) is 0. The lowest BCUT2D eigenvalue weighted by Gasteiger charge is -2.17. The van der Waals surface area contributed by atoms with Gasteiger partial charge >= 0.3 is 0 Å². The number of carbonyl (C=O) groups is 3. The van der Waals surface area contributed by atoms with Gasteiger partial charge in [0.15, 0.2) is 0 Å². The second kappa shape index (κ2) is 4.90. The van der Waals surface area contributed by atoms with Crippen molar-refractivity contribution in [3.8, 4) is 0 Å². The molecule has 0 heterocycles. The van der Waals surface area contributed by atoms with E-state index in [0.717, 1.165) is 0 Å². The first-order chi connectivity index (χ1) is 5.86. The Bertz CT molecular complexity index is 230. The van der Waals surface area contributed by atoms with Gasteiger partial charge in [-0.25, -0.2) is 0 Å². The van der Waals surface area contributed by atoms with Crippen molar-refractivity contribution in [2.75, 3.05) is 0 Å². The van der Waals surface area contributed by atoms with Crippen molar-refractivity contribution in [1.82, 2.24) is 0 Å². The summed E-state index contributed by atoms with van der Waals surface area (Å²) in [5.41, 5.74) is 0. The fourth-order valence-electron chi connectivity index (χ4n) is 1.27. The maximum absolute atomic E-state index is 11.1. The number of rotatable bonds is 5. The molecule has 3 nitrogen and oxygen atoms in total. The molecule has 74 valence electrons. The zero-order valence-electron chi connectivity index (χ0n) is 8.59. The fourth-order valence-corrected chi connectivity index (χ4v) is 1.27. The molecule has 0 N–H and O–H groups in total. The molecule has 0 aromatic carbocycles. The van der Waals surface area contributed by atoms with Crippen molar-refractivity contribution in [1.29, 1.82) is 0 Å². The molecule has 0 saturated carbocycles. The Morgan fingerprint density at radius 3 is 1.69 bits per heavy atom. The maximum Gasteiger partial charge on any atom is 0.134 e. The predicted octanol–water partition coefficient (Wildman–Crippen LogP) is 1.40. The Labute approximate surface area is 78.5 Å². The van der Waals surface area contributed by atoms with E-state index < -0.39 is 5.92 Å². The van der Waals surface area contributed by atoms with E-state index in [9.17, 15) is 14.4 Å². The summed E-state index contributed by atoms with van der Waals surface area (Å²) in [6.07, 6.45) is 0.177. The Balaban J connectivity index is 4.51. The van der Waals surface area contributed by atoms with Gasteiger partial charge in [-0.3, -0.25) is 9.59 Å². The molecular formula is C10H16O3. The lowest BCUT2D eigenvalue weighted by Crippen LogP contribution is -2.26. The lowest BCUT2D eigenvalue weighted by atomic mass is 9.84. The molecule has 0 spiro atoms. The molecule has 2 unspecified atom stereocenters. The van der Waals surface area contributed by atoms with Crippen molar-refractivity contribution in [2.24, 2.45) is 11.8 Å². The zero-order valence-corrected chi connectivity index (χ0v) is 8.59. The summed E-state index contributed by atoms with van der Waals surface area (Å²) in [4.78, 5) is 33.0. The third-order valence-electron chi connectivity index (χ3n) is 2.27. The summed E-state index contributed by atoms with van der Waals surface area (Å²) in [7, 11) is 0. The quantitative estimate of drug-likeness (QED) is 0.648. The molecule has 0 aliphatic carbocycles. The van der Waals surface area contributed by atoms with E-state index in [4.69, 9.17) is 0 Å². The molecule has 2 atom stereocenters. The number of carbonyl (C=O) groups excluding carboxylic acids is 3. The SMILES string of the molecule is CC(=O)CC(C(C)=O)C(C)C(C)=O. The molecule has 0 saturated heterocycles. The second-order valence-corrected chi connectivity index (χ2v) is 3.52. The standard InChI is InChI=1S/C10H16O3/c1-6(11)5-10(9(4)13)7(2)8(3)12/h7,10H,5H2,1-4H3. The molecule has 0 aliphatic heterocycles. The van der Waals surface area contributed by atoms with Crippen LogP contribution in [0.25, 0.3) is 0 Å². The van der Waals surface area contributed by atoms with Crippen molar-refractivity contribution in [2.45, 2.75) is 34.1 Å². The monoisotopic (exact) mass is 184 g/mol. The maximum atomic E-state index is 11.1. The van der Waals surface area contributed by atoms with Crippen molar-refractivity contribution >= 4 is 17.3 Å². The van der Waals surface area contributed by atoms with Gasteiger partial charge in [0.1, 0.15) is 17.3 Å². The Kier molecular flexibility index (Phi) is 4.52. The van der Waals surface area contributed by atoms with E-state index in [-0.39, 0.29) is 29.7 Å². The van der Waals surface area contributed by atoms with E-state index in [1.165, 1.54) is 20.8 Å². The van der Waals surface area contributed by atoms with Gasteiger partial charge in [0.25, 0.3) is 0 Å². The van der Waals surface area contributed by atoms with Gasteiger partial charge in [-0.1, -0.05) is 6.92 Å². The highest BCUT2D eigenvalue weighted by atomic mass is 16.1. The van der Waals surface area contributed by atoms with E-state index in [0.29, 0.717) is 0 Å². The van der Waals surface area contributed by atoms with Crippen LogP contribution in [-0.2, 0) is 14.4 Å². The average Bonchev–Trinajstić information content (AvgIpc) is 1.97. The minimum atomic E-state index is -0.435. The van der Waals surface area contributed by atoms with Gasteiger partial charge in [0, 0.05) is 18.3 Å². The molecule has 0 aromatic heterocycles. The number of Topliss-reactive ketones (excluding diaryl/α,β-unsaturated/α-hetero) is 3. The predicted molar refractivity (Wildman–Crippen MR) is 49.3 cm³/mol. The molecule has 0 fully saturated rings. The van der Waals surface area contributed by atoms with E-state index in [2.05, 4.69) is 0 Å². The van der Waals surface area contributed by atoms with Gasteiger partial charge in [0.05, 0.1) is 0 Å². The lowest BCUT2D eigenvalue weighted by molar-refractivity contribution is -0.132. The van der Waals surface area contributed by atoms with Crippen molar-refractivity contribution in [3.05, 3.63) is 0 Å². The molecule has 3 heteroatoms. The minimum Gasteiger partial charge on any atom is -0.300 e. The molecule has 0 amide bonds. The summed E-state index contributed by atoms with van der Waals surface area (Å²) in [6, 6.07) is 0. The molecule has 0 aromatic rings. The van der Waals surface area contributed by atoms with Crippen molar-refractivity contribution in [3.63, 3.8) is 0 Å². The summed E-state index contributed by atoms with van der Waals surface area (Å²) < 4.78 is 0. The third-order valence-corrected chi connectivity index (χ3v) is 2.27. The largest absolute Gasteiger partial charge is 0.300 e. The van der Waals surface area contributed by atoms with Gasteiger partial charge < -0.3 is 4.79 Å². The van der Waals surface area contributed by atoms with Crippen LogP contribution >= 0.6 is 0 Å². The van der Waals surface area contributed by atoms with E-state index >= 15 is 0 Å². The van der Waals surface area contributed by atoms with E-state index in [1.807, 2.05) is 0 Å². The zero-order chi connectivity index (χ0) is 10.6. The van der Waals surface area contributed by atoms with Crippen LogP contribution in [-0.4, -0.2) is 17.3 Å². The van der Waals surface area contributed by atoms with Gasteiger partial charge in [0.2, 0.25) is 0 Å². The first-order valence-corrected chi connectivity index (χ1v) is 4.36. The molecule has 0 bridgehead atoms. The summed E-state index contributed by atoms with van der Waals surface area (Å²) >= 11 is 0. The van der Waals surface area contributed by atoms with Crippen LogP contribution in [0.5, 0.6) is 0 Å². The van der Waals surface area contributed by atoms with Gasteiger partial charge in [-0.15, -0.1) is 0 Å². The summed E-state index contributed by atoms with van der Waals surface area (Å²) in [6.45, 7) is 5.99. The third kappa shape index (κ3) is 3.97. The van der Waals surface area contributed by atoms with Crippen LogP contribution in [0.15, 0.2) is 0 Å². The van der Waals surface area contributed by atoms with Crippen LogP contribution in [0.4, 0.5) is 0 Å². The normalized spacial score (nSPS) is 14.8. The molecule has 13 heavy (non-hydrogen) atoms. The minimum absolute atomic E-state index is 0.0403. The number of hydrogen-bond acceptors (Lipinski definition) is 3. The first-order valence-electron chi connectivity index (χ1n) is 4.36. The smallest absolute Gasteiger partial charge is 0.134 e. The van der Waals surface area contributed by atoms with Gasteiger partial charge in [-0.05, 0) is 20.8 Å². The number of hydrogen-bond donors (Lipinski definition) is 0. The highest BCUT2D eigenvalue weighted by Crippen LogP contribution is 2.18.